The number of benzene rings is 8. The van der Waals surface area contributed by atoms with Crippen LogP contribution in [0.4, 0.5) is 0 Å². The number of H-pyrrole nitrogens is 2. The lowest BCUT2D eigenvalue weighted by molar-refractivity contribution is -0.111. The van der Waals surface area contributed by atoms with Crippen molar-refractivity contribution in [1.29, 1.82) is 0 Å². The van der Waals surface area contributed by atoms with Gasteiger partial charge in [0.05, 0.1) is 42.6 Å². The van der Waals surface area contributed by atoms with Crippen molar-refractivity contribution >= 4 is 115 Å². The molecule has 0 atom stereocenters. The zero-order chi connectivity index (χ0) is 87.7. The molecule has 3 aromatic heterocycles. The van der Waals surface area contributed by atoms with Gasteiger partial charge in [-0.25, -0.2) is 9.97 Å². The summed E-state index contributed by atoms with van der Waals surface area (Å²) in [6, 6.07) is 73.6. The summed E-state index contributed by atoms with van der Waals surface area (Å²) in [5.74, 6) is -2.59. The molecular weight excluding hydrogens is 1590 g/mol. The zero-order valence-corrected chi connectivity index (χ0v) is 72.3. The molecule has 0 amide bonds. The number of aromatic nitrogens is 4. The van der Waals surface area contributed by atoms with Gasteiger partial charge in [-0.15, -0.1) is 0 Å². The maximum absolute atomic E-state index is 12.6. The van der Waals surface area contributed by atoms with Crippen LogP contribution in [0.25, 0.3) is 114 Å². The quantitative estimate of drug-likeness (QED) is 0.0270. The van der Waals surface area contributed by atoms with Crippen LogP contribution in [0.15, 0.2) is 243 Å². The van der Waals surface area contributed by atoms with E-state index in [-0.39, 0.29) is 0 Å². The Morgan fingerprint density at radius 2 is 0.445 bits per heavy atom. The number of nitrogens with zero attached hydrogens (tertiary/aromatic N) is 2. The summed E-state index contributed by atoms with van der Waals surface area (Å²) in [5, 5.41) is 0. The summed E-state index contributed by atoms with van der Waals surface area (Å²) in [7, 11) is 0. The Labute approximate surface area is 747 Å². The second-order valence-electron chi connectivity index (χ2n) is 34.2. The fourth-order valence-electron chi connectivity index (χ4n) is 18.4. The molecule has 15 nitrogen and oxygen atoms in total. The first-order valence-electron chi connectivity index (χ1n) is 45.8. The highest BCUT2D eigenvalue weighted by atomic mass is 16.5. The van der Waals surface area contributed by atoms with Crippen LogP contribution in [0.3, 0.4) is 0 Å². The SMILES string of the molecule is O=C1C=C(CCCCCCCCc2ccc(-c3c4nc(c(-c5ccc(CCCCCCCOC6=CC(=O)C(=O)c7ccccc76)cc5)c5ccc([nH]5)c(-c5ccc(CCCCCCCOC6=CC(=O)C(=O)c7ccccc76)cc5)c5nc(c(-c6ccc(CCCCCCCOC7=CC(=O)C(=O)c8ccccc87)cc6)c6ccc3[nH]6)C=C5)C=C4)cc2)c2ccccc2C1=O. The highest BCUT2D eigenvalue weighted by Crippen LogP contribution is 2.41. The number of fused-ring (bicyclic) bond motifs is 12. The molecule has 0 saturated carbocycles. The number of hydrogen-bond donors (Lipinski definition) is 2. The van der Waals surface area contributed by atoms with Gasteiger partial charge in [0.25, 0.3) is 0 Å². The molecule has 6 aliphatic rings. The molecule has 8 aromatic carbocycles. The first-order valence-corrected chi connectivity index (χ1v) is 45.8. The van der Waals surface area contributed by atoms with Crippen LogP contribution >= 0.6 is 0 Å². The van der Waals surface area contributed by atoms with Crippen LogP contribution in [0.5, 0.6) is 0 Å². The fourth-order valence-corrected chi connectivity index (χ4v) is 18.4. The van der Waals surface area contributed by atoms with Crippen molar-refractivity contribution in [3.8, 4) is 44.5 Å². The lowest BCUT2D eigenvalue weighted by Crippen LogP contribution is -2.19. The Morgan fingerprint density at radius 1 is 0.219 bits per heavy atom. The number of ether oxygens (including phenoxy) is 3. The Balaban J connectivity index is 0.637. The smallest absolute Gasteiger partial charge is 0.233 e. The number of carbonyl (C=O) groups excluding carboxylic acids is 8. The number of aryl methyl sites for hydroxylation is 4. The molecule has 8 bridgehead atoms. The van der Waals surface area contributed by atoms with Crippen LogP contribution in [0.1, 0.15) is 250 Å². The largest absolute Gasteiger partial charge is 0.493 e. The van der Waals surface area contributed by atoms with Gasteiger partial charge in [-0.05, 0) is 194 Å². The minimum atomic E-state index is -0.549. The van der Waals surface area contributed by atoms with Crippen molar-refractivity contribution in [2.45, 2.75) is 167 Å². The molecule has 17 rings (SSSR count). The predicted molar refractivity (Wildman–Crippen MR) is 510 cm³/mol. The van der Waals surface area contributed by atoms with E-state index in [1.54, 1.807) is 48.5 Å². The Kier molecular flexibility index (Phi) is 27.6. The molecule has 4 aliphatic carbocycles. The molecule has 15 heteroatoms. The monoisotopic (exact) mass is 1690 g/mol. The molecular formula is C113H104N4O11. The van der Waals surface area contributed by atoms with Crippen molar-refractivity contribution in [3.05, 3.63) is 332 Å². The summed E-state index contributed by atoms with van der Waals surface area (Å²) in [5.41, 5.74) is 25.5. The van der Waals surface area contributed by atoms with Crippen molar-refractivity contribution in [2.75, 3.05) is 19.8 Å². The van der Waals surface area contributed by atoms with Gasteiger partial charge in [0.15, 0.2) is 0 Å². The lowest BCUT2D eigenvalue weighted by atomic mass is 9.86. The average Bonchev–Trinajstić information content (AvgIpc) is 1.61. The van der Waals surface area contributed by atoms with Gasteiger partial charge in [-0.1, -0.05) is 278 Å². The maximum Gasteiger partial charge on any atom is 0.233 e. The van der Waals surface area contributed by atoms with Crippen LogP contribution < -0.4 is 0 Å². The summed E-state index contributed by atoms with van der Waals surface area (Å²) in [6.07, 6.45) is 39.9. The van der Waals surface area contributed by atoms with E-state index < -0.39 is 46.3 Å². The number of nitrogens with one attached hydrogen (secondary N) is 2. The number of ketones is 8. The highest BCUT2D eigenvalue weighted by Gasteiger charge is 2.31. The minimum Gasteiger partial charge on any atom is -0.493 e. The Hall–Kier alpha value is -13.9. The van der Waals surface area contributed by atoms with Gasteiger partial charge >= 0.3 is 0 Å². The number of hydrogen-bond acceptors (Lipinski definition) is 13. The van der Waals surface area contributed by atoms with E-state index in [1.165, 1.54) is 40.5 Å². The standard InChI is InChI=1S/C113H104N4O11/c118-99-70-82(83-35-19-23-39-87(83)110(99)122)34-18-10-2-1-6-14-30-74-43-51-78(52-44-74)106-91-59-61-93(114-91)107(79-53-45-75(46-54-79)31-15-7-3-11-27-67-126-103-71-100(119)111(123)88-40-24-20-36-84(88)103)95-63-65-97(116-95)109(81-57-49-77(50-58-81)33-17-9-5-13-29-69-128-105-73-102(121)113(125)90-42-26-22-38-86(90)105)98-66-64-96(117-98)108(94-62-60-92(106)115-94)80-55-47-76(48-56-80)32-16-8-4-12-28-68-127-104-72-101(120)112(124)89-41-25-21-37-85(89)104/h19-26,35-66,70-73,114,117H,1-18,27-34,67-69H2. The number of aromatic amines is 2. The van der Waals surface area contributed by atoms with E-state index in [4.69, 9.17) is 24.2 Å². The number of carbonyl (C=O) groups is 8. The predicted octanol–water partition coefficient (Wildman–Crippen LogP) is 25.4. The minimum absolute atomic E-state index is 0.392. The van der Waals surface area contributed by atoms with Crippen LogP contribution in [-0.2, 0) is 59.1 Å². The molecule has 0 spiro atoms. The molecule has 2 aliphatic heterocycles. The normalized spacial score (nSPS) is 13.8. The number of Topliss-reactive ketones (excluding diaryl/α,β-unsaturated/α-hetero) is 4. The van der Waals surface area contributed by atoms with E-state index in [1.807, 2.05) is 54.6 Å². The fraction of sp³-hybridized carbons (Fsp3) is 0.257. The van der Waals surface area contributed by atoms with Crippen molar-refractivity contribution < 1.29 is 52.6 Å². The first kappa shape index (κ1) is 86.2. The van der Waals surface area contributed by atoms with Crippen LogP contribution in [-0.4, -0.2) is 86.0 Å². The van der Waals surface area contributed by atoms with Crippen molar-refractivity contribution in [2.24, 2.45) is 0 Å². The molecule has 11 aromatic rings. The van der Waals surface area contributed by atoms with Crippen molar-refractivity contribution in [3.63, 3.8) is 0 Å². The van der Waals surface area contributed by atoms with E-state index >= 15 is 0 Å². The molecule has 0 radical (unpaired) electrons. The topological polar surface area (TPSA) is 222 Å². The molecule has 0 unspecified atom stereocenters. The van der Waals surface area contributed by atoms with Gasteiger partial charge in [0.2, 0.25) is 46.3 Å². The molecule has 5 heterocycles. The third-order valence-corrected chi connectivity index (χ3v) is 25.3. The van der Waals surface area contributed by atoms with E-state index in [2.05, 4.69) is 156 Å². The Morgan fingerprint density at radius 3 is 0.727 bits per heavy atom. The average molecular weight is 1690 g/mol. The number of unbranched alkanes of at least 4 members (excludes halogenated alkanes) is 17. The number of rotatable bonds is 40. The van der Waals surface area contributed by atoms with Gasteiger partial charge < -0.3 is 24.2 Å². The summed E-state index contributed by atoms with van der Waals surface area (Å²) >= 11 is 0. The van der Waals surface area contributed by atoms with Gasteiger partial charge in [0.1, 0.15) is 17.3 Å². The third-order valence-electron chi connectivity index (χ3n) is 25.3. The Bertz CT molecular complexity index is 5710. The molecule has 128 heavy (non-hydrogen) atoms. The van der Waals surface area contributed by atoms with Crippen LogP contribution in [0.2, 0.25) is 0 Å². The zero-order valence-electron chi connectivity index (χ0n) is 72.3. The maximum atomic E-state index is 12.6. The number of allylic oxidation sites excluding steroid dienone is 5. The lowest BCUT2D eigenvalue weighted by Gasteiger charge is -2.16. The molecule has 0 fully saturated rings. The van der Waals surface area contributed by atoms with Crippen molar-refractivity contribution in [1.82, 2.24) is 19.9 Å². The highest BCUT2D eigenvalue weighted by molar-refractivity contribution is 6.52. The summed E-state index contributed by atoms with van der Waals surface area (Å²) < 4.78 is 18.3. The van der Waals surface area contributed by atoms with E-state index in [0.717, 1.165) is 267 Å². The second kappa shape index (κ2) is 41.0. The molecule has 0 saturated heterocycles. The van der Waals surface area contributed by atoms with Crippen LogP contribution in [0, 0.1) is 0 Å². The third kappa shape index (κ3) is 20.1. The van der Waals surface area contributed by atoms with Gasteiger partial charge in [-0.3, -0.25) is 38.4 Å². The van der Waals surface area contributed by atoms with E-state index in [9.17, 15) is 38.4 Å². The molecule has 2 N–H and O–H groups in total. The summed E-state index contributed by atoms with van der Waals surface area (Å²) in [6.45, 7) is 1.40. The first-order chi connectivity index (χ1) is 62.8. The van der Waals surface area contributed by atoms with Gasteiger partial charge in [0, 0.05) is 101 Å². The van der Waals surface area contributed by atoms with E-state index in [0.29, 0.717) is 76.0 Å². The second-order valence-corrected chi connectivity index (χ2v) is 34.2. The summed E-state index contributed by atoms with van der Waals surface area (Å²) in [4.78, 5) is 120. The van der Waals surface area contributed by atoms with Gasteiger partial charge in [-0.2, -0.15) is 0 Å². The molecule has 642 valence electrons.